The van der Waals surface area contributed by atoms with Crippen molar-refractivity contribution in [2.45, 2.75) is 26.7 Å². The standard InChI is InChI=1S/C15H17N/c1-12-6-7-13(2)11-14(9-8-12)15-5-3-4-10-16-15/h3-5,8-11H,6-7H2,1-2H3/b12-8+,13-11-,14-9+. The van der Waals surface area contributed by atoms with Gasteiger partial charge in [0.15, 0.2) is 0 Å². The summed E-state index contributed by atoms with van der Waals surface area (Å²) in [6.45, 7) is 4.38. The summed E-state index contributed by atoms with van der Waals surface area (Å²) in [4.78, 5) is 4.39. The van der Waals surface area contributed by atoms with Crippen LogP contribution in [0.4, 0.5) is 0 Å². The first-order valence-electron chi connectivity index (χ1n) is 5.72. The van der Waals surface area contributed by atoms with Gasteiger partial charge in [-0.25, -0.2) is 0 Å². The van der Waals surface area contributed by atoms with Crippen LogP contribution in [0.5, 0.6) is 0 Å². The first-order chi connectivity index (χ1) is 7.75. The topological polar surface area (TPSA) is 12.9 Å². The van der Waals surface area contributed by atoms with Crippen LogP contribution in [0.3, 0.4) is 0 Å². The third-order valence-corrected chi connectivity index (χ3v) is 2.82. The fourth-order valence-electron chi connectivity index (χ4n) is 1.79. The number of rotatable bonds is 1. The van der Waals surface area contributed by atoms with Gasteiger partial charge in [0.1, 0.15) is 0 Å². The van der Waals surface area contributed by atoms with Crippen molar-refractivity contribution >= 4 is 5.57 Å². The van der Waals surface area contributed by atoms with Gasteiger partial charge in [0, 0.05) is 11.8 Å². The van der Waals surface area contributed by atoms with Crippen LogP contribution in [-0.2, 0) is 0 Å². The smallest absolute Gasteiger partial charge is 0.0701 e. The summed E-state index contributed by atoms with van der Waals surface area (Å²) in [5.41, 5.74) is 5.11. The van der Waals surface area contributed by atoms with E-state index in [4.69, 9.17) is 0 Å². The molecule has 0 aliphatic heterocycles. The Labute approximate surface area is 97.2 Å². The first kappa shape index (κ1) is 10.9. The highest BCUT2D eigenvalue weighted by molar-refractivity contribution is 5.73. The average molecular weight is 211 g/mol. The zero-order valence-electron chi connectivity index (χ0n) is 9.90. The lowest BCUT2D eigenvalue weighted by atomic mass is 9.99. The molecule has 0 bridgehead atoms. The van der Waals surface area contributed by atoms with Crippen LogP contribution in [0.2, 0.25) is 0 Å². The summed E-state index contributed by atoms with van der Waals surface area (Å²) in [7, 11) is 0. The van der Waals surface area contributed by atoms with E-state index in [2.05, 4.69) is 43.1 Å². The lowest BCUT2D eigenvalue weighted by molar-refractivity contribution is 0.922. The van der Waals surface area contributed by atoms with Crippen molar-refractivity contribution < 1.29 is 0 Å². The maximum atomic E-state index is 4.39. The zero-order chi connectivity index (χ0) is 11.4. The Balaban J connectivity index is 2.41. The third-order valence-electron chi connectivity index (χ3n) is 2.82. The van der Waals surface area contributed by atoms with Gasteiger partial charge < -0.3 is 0 Å². The van der Waals surface area contributed by atoms with Crippen LogP contribution in [0.15, 0.2) is 53.8 Å². The lowest BCUT2D eigenvalue weighted by Crippen LogP contribution is -1.90. The highest BCUT2D eigenvalue weighted by atomic mass is 14.7. The summed E-state index contributed by atoms with van der Waals surface area (Å²) >= 11 is 0. The molecule has 1 aromatic rings. The predicted molar refractivity (Wildman–Crippen MR) is 69.0 cm³/mol. The molecule has 0 N–H and O–H groups in total. The molecular weight excluding hydrogens is 194 g/mol. The van der Waals surface area contributed by atoms with Gasteiger partial charge in [0.2, 0.25) is 0 Å². The maximum absolute atomic E-state index is 4.39. The van der Waals surface area contributed by atoms with Crippen molar-refractivity contribution in [3.8, 4) is 0 Å². The molecule has 1 heterocycles. The SMILES string of the molecule is C/C1=C/C(c2ccccn2)=C\C=C(/C)CC1. The van der Waals surface area contributed by atoms with Crippen LogP contribution < -0.4 is 0 Å². The van der Waals surface area contributed by atoms with Crippen LogP contribution in [0.25, 0.3) is 5.57 Å². The van der Waals surface area contributed by atoms with Gasteiger partial charge in [-0.1, -0.05) is 35.4 Å². The largest absolute Gasteiger partial charge is 0.256 e. The minimum atomic E-state index is 1.05. The average Bonchev–Trinajstić information content (AvgIpc) is 2.31. The monoisotopic (exact) mass is 211 g/mol. The van der Waals surface area contributed by atoms with Crippen LogP contribution >= 0.6 is 0 Å². The summed E-state index contributed by atoms with van der Waals surface area (Å²) in [6.07, 6.45) is 10.8. The fourth-order valence-corrected chi connectivity index (χ4v) is 1.79. The number of aromatic nitrogens is 1. The van der Waals surface area contributed by atoms with E-state index in [1.54, 1.807) is 0 Å². The Morgan fingerprint density at radius 3 is 2.56 bits per heavy atom. The van der Waals surface area contributed by atoms with Crippen LogP contribution in [0.1, 0.15) is 32.4 Å². The molecule has 0 aromatic carbocycles. The second kappa shape index (κ2) is 4.93. The van der Waals surface area contributed by atoms with Crippen molar-refractivity contribution in [1.29, 1.82) is 0 Å². The molecule has 1 aliphatic rings. The molecule has 1 aromatic heterocycles. The fraction of sp³-hybridized carbons (Fsp3) is 0.267. The third kappa shape index (κ3) is 2.69. The normalized spacial score (nSPS) is 26.5. The second-order valence-electron chi connectivity index (χ2n) is 4.34. The maximum Gasteiger partial charge on any atom is 0.0701 e. The number of pyridine rings is 1. The van der Waals surface area contributed by atoms with Crippen molar-refractivity contribution in [3.05, 3.63) is 59.5 Å². The van der Waals surface area contributed by atoms with E-state index in [1.807, 2.05) is 18.3 Å². The number of nitrogens with zero attached hydrogens (tertiary/aromatic N) is 1. The molecular formula is C15H17N. The van der Waals surface area contributed by atoms with E-state index in [1.165, 1.54) is 16.7 Å². The Morgan fingerprint density at radius 2 is 1.81 bits per heavy atom. The van der Waals surface area contributed by atoms with E-state index in [9.17, 15) is 0 Å². The van der Waals surface area contributed by atoms with Gasteiger partial charge in [-0.05, 0) is 38.8 Å². The molecule has 0 saturated heterocycles. The number of hydrogen-bond acceptors (Lipinski definition) is 1. The summed E-state index contributed by atoms with van der Waals surface area (Å²) in [5, 5.41) is 0. The van der Waals surface area contributed by atoms with Gasteiger partial charge in [0.05, 0.1) is 5.69 Å². The van der Waals surface area contributed by atoms with Gasteiger partial charge in [-0.2, -0.15) is 0 Å². The Morgan fingerprint density at radius 1 is 1.00 bits per heavy atom. The molecule has 0 fully saturated rings. The first-order valence-corrected chi connectivity index (χ1v) is 5.72. The molecule has 0 spiro atoms. The van der Waals surface area contributed by atoms with Crippen LogP contribution in [-0.4, -0.2) is 4.98 Å². The molecule has 0 amide bonds. The molecule has 2 rings (SSSR count). The quantitative estimate of drug-likeness (QED) is 0.680. The molecule has 0 unspecified atom stereocenters. The Kier molecular flexibility index (Phi) is 3.35. The minimum absolute atomic E-state index is 1.05. The molecule has 1 heteroatoms. The van der Waals surface area contributed by atoms with E-state index in [-0.39, 0.29) is 0 Å². The molecule has 1 aliphatic carbocycles. The number of allylic oxidation sites excluding steroid dienone is 6. The highest BCUT2D eigenvalue weighted by Crippen LogP contribution is 2.22. The van der Waals surface area contributed by atoms with Crippen LogP contribution in [0, 0.1) is 0 Å². The van der Waals surface area contributed by atoms with Crippen molar-refractivity contribution in [1.82, 2.24) is 4.98 Å². The lowest BCUT2D eigenvalue weighted by Gasteiger charge is -2.08. The van der Waals surface area contributed by atoms with E-state index in [0.29, 0.717) is 0 Å². The van der Waals surface area contributed by atoms with Gasteiger partial charge in [-0.15, -0.1) is 0 Å². The molecule has 0 radical (unpaired) electrons. The van der Waals surface area contributed by atoms with Crippen molar-refractivity contribution in [2.75, 3.05) is 0 Å². The van der Waals surface area contributed by atoms with Crippen molar-refractivity contribution in [3.63, 3.8) is 0 Å². The Bertz CT molecular complexity index is 450. The summed E-state index contributed by atoms with van der Waals surface area (Å²) in [6, 6.07) is 6.03. The summed E-state index contributed by atoms with van der Waals surface area (Å²) < 4.78 is 0. The van der Waals surface area contributed by atoms with Gasteiger partial charge in [0.25, 0.3) is 0 Å². The van der Waals surface area contributed by atoms with E-state index >= 15 is 0 Å². The van der Waals surface area contributed by atoms with Gasteiger partial charge in [-0.3, -0.25) is 4.98 Å². The second-order valence-corrected chi connectivity index (χ2v) is 4.34. The predicted octanol–water partition coefficient (Wildman–Crippen LogP) is 4.15. The minimum Gasteiger partial charge on any atom is -0.256 e. The molecule has 1 nitrogen and oxygen atoms in total. The van der Waals surface area contributed by atoms with Crippen molar-refractivity contribution in [2.24, 2.45) is 0 Å². The molecule has 16 heavy (non-hydrogen) atoms. The molecule has 0 atom stereocenters. The Hall–Kier alpha value is -1.63. The molecule has 0 saturated carbocycles. The summed E-state index contributed by atoms with van der Waals surface area (Å²) in [5.74, 6) is 0. The van der Waals surface area contributed by atoms with E-state index in [0.717, 1.165) is 18.5 Å². The molecule has 82 valence electrons. The van der Waals surface area contributed by atoms with E-state index < -0.39 is 0 Å². The zero-order valence-corrected chi connectivity index (χ0v) is 9.90. The number of hydrogen-bond donors (Lipinski definition) is 0. The highest BCUT2D eigenvalue weighted by Gasteiger charge is 2.02. The van der Waals surface area contributed by atoms with Gasteiger partial charge >= 0.3 is 0 Å².